The van der Waals surface area contributed by atoms with Crippen LogP contribution in [0.5, 0.6) is 0 Å². The first-order chi connectivity index (χ1) is 7.69. The standard InChI is InChI=1S/C13H25NOS/c1-11-4-7-14(8-12(11)15-2)9-13(10-16)5-3-6-13/h11-12,16H,3-10H2,1-2H3. The SMILES string of the molecule is COC1CN(CC2(CS)CCC2)CCC1C. The molecule has 1 aliphatic carbocycles. The van der Waals surface area contributed by atoms with Crippen molar-refractivity contribution in [1.29, 1.82) is 0 Å². The second kappa shape index (κ2) is 5.28. The van der Waals surface area contributed by atoms with Crippen LogP contribution >= 0.6 is 12.6 Å². The second-order valence-electron chi connectivity index (χ2n) is 5.79. The summed E-state index contributed by atoms with van der Waals surface area (Å²) >= 11 is 4.54. The molecule has 1 aliphatic heterocycles. The lowest BCUT2D eigenvalue weighted by atomic mass is 9.69. The Morgan fingerprint density at radius 1 is 1.44 bits per heavy atom. The fourth-order valence-electron chi connectivity index (χ4n) is 3.07. The van der Waals surface area contributed by atoms with Crippen LogP contribution in [0, 0.1) is 11.3 Å². The molecule has 0 aromatic heterocycles. The van der Waals surface area contributed by atoms with Crippen LogP contribution in [0.2, 0.25) is 0 Å². The van der Waals surface area contributed by atoms with Gasteiger partial charge in [0.05, 0.1) is 6.10 Å². The van der Waals surface area contributed by atoms with Crippen molar-refractivity contribution >= 4 is 12.6 Å². The average Bonchev–Trinajstić information content (AvgIpc) is 2.25. The van der Waals surface area contributed by atoms with Gasteiger partial charge >= 0.3 is 0 Å². The van der Waals surface area contributed by atoms with Crippen molar-refractivity contribution in [3.8, 4) is 0 Å². The highest BCUT2D eigenvalue weighted by Gasteiger charge is 2.38. The molecule has 2 rings (SSSR count). The zero-order valence-electron chi connectivity index (χ0n) is 10.6. The van der Waals surface area contributed by atoms with E-state index in [-0.39, 0.29) is 0 Å². The van der Waals surface area contributed by atoms with Crippen molar-refractivity contribution in [3.63, 3.8) is 0 Å². The summed E-state index contributed by atoms with van der Waals surface area (Å²) in [5.41, 5.74) is 0.530. The zero-order valence-corrected chi connectivity index (χ0v) is 11.5. The third-order valence-corrected chi connectivity index (χ3v) is 5.26. The molecule has 1 heterocycles. The highest BCUT2D eigenvalue weighted by atomic mass is 32.1. The summed E-state index contributed by atoms with van der Waals surface area (Å²) in [5.74, 6) is 1.77. The minimum absolute atomic E-state index is 0.436. The molecule has 2 unspecified atom stereocenters. The number of methoxy groups -OCH3 is 1. The highest BCUT2D eigenvalue weighted by molar-refractivity contribution is 7.80. The summed E-state index contributed by atoms with van der Waals surface area (Å²) in [4.78, 5) is 2.60. The lowest BCUT2D eigenvalue weighted by Crippen LogP contribution is -2.50. The van der Waals surface area contributed by atoms with Gasteiger partial charge in [-0.2, -0.15) is 12.6 Å². The summed E-state index contributed by atoms with van der Waals surface area (Å²) in [6.45, 7) is 5.91. The van der Waals surface area contributed by atoms with Gasteiger partial charge in [-0.1, -0.05) is 13.3 Å². The van der Waals surface area contributed by atoms with E-state index in [1.165, 1.54) is 38.8 Å². The first-order valence-electron chi connectivity index (χ1n) is 6.55. The topological polar surface area (TPSA) is 12.5 Å². The van der Waals surface area contributed by atoms with E-state index in [0.29, 0.717) is 11.5 Å². The number of ether oxygens (including phenoxy) is 1. The minimum Gasteiger partial charge on any atom is -0.380 e. The Hall–Kier alpha value is 0.270. The molecule has 3 heteroatoms. The van der Waals surface area contributed by atoms with Gasteiger partial charge in [-0.25, -0.2) is 0 Å². The van der Waals surface area contributed by atoms with Gasteiger partial charge < -0.3 is 9.64 Å². The van der Waals surface area contributed by atoms with Crippen LogP contribution < -0.4 is 0 Å². The van der Waals surface area contributed by atoms with Gasteiger partial charge in [-0.05, 0) is 42.9 Å². The molecule has 0 aromatic rings. The number of hydrogen-bond acceptors (Lipinski definition) is 3. The van der Waals surface area contributed by atoms with E-state index < -0.39 is 0 Å². The molecular formula is C13H25NOS. The smallest absolute Gasteiger partial charge is 0.0724 e. The molecule has 2 fully saturated rings. The fraction of sp³-hybridized carbons (Fsp3) is 1.00. The number of rotatable bonds is 4. The maximum absolute atomic E-state index is 5.57. The molecule has 0 radical (unpaired) electrons. The van der Waals surface area contributed by atoms with Gasteiger partial charge in [0.25, 0.3) is 0 Å². The van der Waals surface area contributed by atoms with Gasteiger partial charge in [0.2, 0.25) is 0 Å². The first-order valence-corrected chi connectivity index (χ1v) is 7.18. The summed E-state index contributed by atoms with van der Waals surface area (Å²) in [6.07, 6.45) is 5.87. The molecule has 0 bridgehead atoms. The van der Waals surface area contributed by atoms with Crippen LogP contribution in [0.25, 0.3) is 0 Å². The molecule has 0 N–H and O–H groups in total. The predicted octanol–water partition coefficient (Wildman–Crippen LogP) is 2.44. The van der Waals surface area contributed by atoms with Crippen LogP contribution in [-0.2, 0) is 4.74 Å². The lowest BCUT2D eigenvalue weighted by molar-refractivity contribution is -0.0254. The van der Waals surface area contributed by atoms with Crippen molar-refractivity contribution in [2.45, 2.75) is 38.7 Å². The van der Waals surface area contributed by atoms with E-state index in [1.54, 1.807) is 0 Å². The summed E-state index contributed by atoms with van der Waals surface area (Å²) in [5, 5.41) is 0. The molecule has 2 atom stereocenters. The molecule has 0 amide bonds. The van der Waals surface area contributed by atoms with Gasteiger partial charge in [-0.3, -0.25) is 0 Å². The summed E-state index contributed by atoms with van der Waals surface area (Å²) < 4.78 is 5.57. The van der Waals surface area contributed by atoms with Gasteiger partial charge in [0.1, 0.15) is 0 Å². The second-order valence-corrected chi connectivity index (χ2v) is 6.10. The van der Waals surface area contributed by atoms with Crippen molar-refractivity contribution < 1.29 is 4.74 Å². The molecule has 0 spiro atoms. The summed E-state index contributed by atoms with van der Waals surface area (Å²) in [7, 11) is 1.85. The number of nitrogens with zero attached hydrogens (tertiary/aromatic N) is 1. The van der Waals surface area contributed by atoms with Crippen LogP contribution in [0.3, 0.4) is 0 Å². The third kappa shape index (κ3) is 2.57. The van der Waals surface area contributed by atoms with Crippen molar-refractivity contribution in [1.82, 2.24) is 4.90 Å². The number of piperidine rings is 1. The van der Waals surface area contributed by atoms with Gasteiger partial charge in [0, 0.05) is 20.2 Å². The lowest BCUT2D eigenvalue weighted by Gasteiger charge is -2.47. The van der Waals surface area contributed by atoms with Gasteiger partial charge in [0.15, 0.2) is 0 Å². The Morgan fingerprint density at radius 3 is 2.69 bits per heavy atom. The zero-order chi connectivity index (χ0) is 11.6. The Labute approximate surface area is 105 Å². The first kappa shape index (κ1) is 12.7. The molecule has 2 nitrogen and oxygen atoms in total. The molecule has 94 valence electrons. The van der Waals surface area contributed by atoms with E-state index >= 15 is 0 Å². The molecule has 2 aliphatic rings. The normalized spacial score (nSPS) is 34.7. The number of hydrogen-bond donors (Lipinski definition) is 1. The fourth-order valence-corrected chi connectivity index (χ4v) is 3.48. The van der Waals surface area contributed by atoms with E-state index in [2.05, 4.69) is 24.5 Å². The Kier molecular flexibility index (Phi) is 4.20. The van der Waals surface area contributed by atoms with Crippen LogP contribution in [-0.4, -0.2) is 43.5 Å². The Morgan fingerprint density at radius 2 is 2.19 bits per heavy atom. The Bertz CT molecular complexity index is 224. The van der Waals surface area contributed by atoms with Gasteiger partial charge in [-0.15, -0.1) is 0 Å². The summed E-state index contributed by atoms with van der Waals surface area (Å²) in [6, 6.07) is 0. The number of likely N-dealkylation sites (tertiary alicyclic amines) is 1. The average molecular weight is 243 g/mol. The highest BCUT2D eigenvalue weighted by Crippen LogP contribution is 2.43. The van der Waals surface area contributed by atoms with E-state index in [0.717, 1.165) is 18.2 Å². The molecule has 1 saturated carbocycles. The van der Waals surface area contributed by atoms with E-state index in [9.17, 15) is 0 Å². The minimum atomic E-state index is 0.436. The van der Waals surface area contributed by atoms with Crippen molar-refractivity contribution in [2.75, 3.05) is 32.5 Å². The van der Waals surface area contributed by atoms with E-state index in [4.69, 9.17) is 4.74 Å². The Balaban J connectivity index is 1.86. The van der Waals surface area contributed by atoms with Crippen LogP contribution in [0.4, 0.5) is 0 Å². The third-order valence-electron chi connectivity index (χ3n) is 4.58. The molecular weight excluding hydrogens is 218 g/mol. The van der Waals surface area contributed by atoms with Crippen LogP contribution in [0.1, 0.15) is 32.6 Å². The molecule has 1 saturated heterocycles. The predicted molar refractivity (Wildman–Crippen MR) is 71.2 cm³/mol. The van der Waals surface area contributed by atoms with E-state index in [1.807, 2.05) is 7.11 Å². The van der Waals surface area contributed by atoms with Crippen molar-refractivity contribution in [2.24, 2.45) is 11.3 Å². The largest absolute Gasteiger partial charge is 0.380 e. The monoisotopic (exact) mass is 243 g/mol. The maximum atomic E-state index is 5.57. The molecule has 0 aromatic carbocycles. The molecule has 16 heavy (non-hydrogen) atoms. The number of thiol groups is 1. The van der Waals surface area contributed by atoms with Crippen LogP contribution in [0.15, 0.2) is 0 Å². The van der Waals surface area contributed by atoms with Crippen molar-refractivity contribution in [3.05, 3.63) is 0 Å². The maximum Gasteiger partial charge on any atom is 0.0724 e. The quantitative estimate of drug-likeness (QED) is 0.762.